The lowest BCUT2D eigenvalue weighted by Gasteiger charge is -2.36. The van der Waals surface area contributed by atoms with Gasteiger partial charge < -0.3 is 16.2 Å². The number of benzene rings is 1. The molecule has 0 aliphatic carbocycles. The predicted molar refractivity (Wildman–Crippen MR) is 92.0 cm³/mol. The van der Waals surface area contributed by atoms with Crippen molar-refractivity contribution in [3.8, 4) is 5.75 Å². The minimum Gasteiger partial charge on any atom is -0.491 e. The van der Waals surface area contributed by atoms with Gasteiger partial charge in [0.05, 0.1) is 0 Å². The Bertz CT molecular complexity index is 562. The van der Waals surface area contributed by atoms with Crippen molar-refractivity contribution in [1.29, 1.82) is 0 Å². The number of nitrogens with zero attached hydrogens (tertiary/aromatic N) is 3. The van der Waals surface area contributed by atoms with E-state index in [4.69, 9.17) is 21.0 Å². The van der Waals surface area contributed by atoms with Crippen molar-refractivity contribution in [2.75, 3.05) is 13.2 Å². The summed E-state index contributed by atoms with van der Waals surface area (Å²) in [6, 6.07) is 7.56. The van der Waals surface area contributed by atoms with Crippen LogP contribution in [0.4, 0.5) is 0 Å². The van der Waals surface area contributed by atoms with Crippen LogP contribution in [0, 0.1) is 0 Å². The summed E-state index contributed by atoms with van der Waals surface area (Å²) in [5, 5.41) is 1.42. The fourth-order valence-electron chi connectivity index (χ4n) is 1.84. The third-order valence-electron chi connectivity index (χ3n) is 2.71. The first-order chi connectivity index (χ1) is 9.88. The maximum absolute atomic E-state index is 5.80. The van der Waals surface area contributed by atoms with E-state index in [2.05, 4.69) is 25.9 Å². The van der Waals surface area contributed by atoms with Crippen molar-refractivity contribution in [2.45, 2.75) is 19.5 Å². The molecule has 1 aromatic carbocycles. The Kier molecular flexibility index (Phi) is 6.46. The van der Waals surface area contributed by atoms with Crippen LogP contribution in [0.5, 0.6) is 5.75 Å². The lowest BCUT2D eigenvalue weighted by Crippen LogP contribution is -2.54. The Morgan fingerprint density at radius 2 is 1.82 bits per heavy atom. The summed E-state index contributed by atoms with van der Waals surface area (Å²) in [6.07, 6.45) is 0. The molecule has 0 amide bonds. The summed E-state index contributed by atoms with van der Waals surface area (Å²) in [4.78, 5) is 13.6. The van der Waals surface area contributed by atoms with Gasteiger partial charge in [-0.15, -0.1) is 12.4 Å². The molecule has 1 aromatic rings. The largest absolute Gasteiger partial charge is 0.491 e. The molecule has 0 saturated heterocycles. The second kappa shape index (κ2) is 7.66. The van der Waals surface area contributed by atoms with Crippen LogP contribution in [0.15, 0.2) is 38.7 Å². The number of halogens is 2. The standard InChI is InChI=1S/C13H18BrN5O2.ClH/c1-13(2)18-11(15)17-12(16)19(13)21-8-7-20-10-5-3-9(14)4-6-10;/h3-6H,7-8H2,1-2H3,(H4,15,16,17,18);1H. The van der Waals surface area contributed by atoms with E-state index in [9.17, 15) is 0 Å². The molecule has 4 N–H and O–H groups in total. The number of aliphatic imine (C=N–C) groups is 2. The molecule has 0 radical (unpaired) electrons. The average molecular weight is 393 g/mol. The highest BCUT2D eigenvalue weighted by Gasteiger charge is 2.32. The minimum atomic E-state index is -0.701. The van der Waals surface area contributed by atoms with Crippen LogP contribution >= 0.6 is 28.3 Å². The molecule has 122 valence electrons. The van der Waals surface area contributed by atoms with E-state index < -0.39 is 5.66 Å². The van der Waals surface area contributed by atoms with Gasteiger partial charge in [-0.3, -0.25) is 4.84 Å². The fourth-order valence-corrected chi connectivity index (χ4v) is 2.10. The Labute approximate surface area is 143 Å². The van der Waals surface area contributed by atoms with Crippen LogP contribution in [0.25, 0.3) is 0 Å². The van der Waals surface area contributed by atoms with Crippen LogP contribution in [0.1, 0.15) is 13.8 Å². The molecule has 0 spiro atoms. The van der Waals surface area contributed by atoms with Gasteiger partial charge in [0.25, 0.3) is 0 Å². The highest BCUT2D eigenvalue weighted by atomic mass is 79.9. The zero-order valence-electron chi connectivity index (χ0n) is 12.3. The number of hydrogen-bond donors (Lipinski definition) is 2. The van der Waals surface area contributed by atoms with Crippen LogP contribution < -0.4 is 16.2 Å². The molecule has 1 aliphatic heterocycles. The molecule has 0 atom stereocenters. The van der Waals surface area contributed by atoms with Gasteiger partial charge in [-0.1, -0.05) is 15.9 Å². The lowest BCUT2D eigenvalue weighted by atomic mass is 10.2. The van der Waals surface area contributed by atoms with E-state index in [0.717, 1.165) is 10.2 Å². The Balaban J connectivity index is 0.00000242. The van der Waals surface area contributed by atoms with Crippen molar-refractivity contribution in [2.24, 2.45) is 21.5 Å². The lowest BCUT2D eigenvalue weighted by molar-refractivity contribution is -0.161. The topological polar surface area (TPSA) is 98.5 Å². The van der Waals surface area contributed by atoms with Crippen LogP contribution in [-0.2, 0) is 4.84 Å². The van der Waals surface area contributed by atoms with Crippen molar-refractivity contribution in [1.82, 2.24) is 5.06 Å². The first kappa shape index (κ1) is 18.5. The summed E-state index contributed by atoms with van der Waals surface area (Å²) in [6.45, 7) is 4.35. The highest BCUT2D eigenvalue weighted by molar-refractivity contribution is 9.10. The molecule has 2 rings (SSSR count). The van der Waals surface area contributed by atoms with Crippen molar-refractivity contribution < 1.29 is 9.57 Å². The molecule has 0 unspecified atom stereocenters. The molecular weight excluding hydrogens is 374 g/mol. The summed E-state index contributed by atoms with van der Waals surface area (Å²) < 4.78 is 6.56. The van der Waals surface area contributed by atoms with E-state index in [1.54, 1.807) is 0 Å². The summed E-state index contributed by atoms with van der Waals surface area (Å²) in [5.74, 6) is 1.09. The highest BCUT2D eigenvalue weighted by Crippen LogP contribution is 2.20. The minimum absolute atomic E-state index is 0. The maximum atomic E-state index is 5.80. The van der Waals surface area contributed by atoms with Crippen LogP contribution in [0.2, 0.25) is 0 Å². The second-order valence-electron chi connectivity index (χ2n) is 4.86. The molecule has 22 heavy (non-hydrogen) atoms. The molecule has 0 fully saturated rings. The van der Waals surface area contributed by atoms with E-state index in [1.807, 2.05) is 38.1 Å². The van der Waals surface area contributed by atoms with E-state index in [-0.39, 0.29) is 24.3 Å². The smallest absolute Gasteiger partial charge is 0.226 e. The second-order valence-corrected chi connectivity index (χ2v) is 5.78. The van der Waals surface area contributed by atoms with E-state index in [0.29, 0.717) is 13.2 Å². The number of rotatable bonds is 5. The van der Waals surface area contributed by atoms with Gasteiger partial charge in [0.1, 0.15) is 19.0 Å². The SMILES string of the molecule is CC1(C)N=C(N)N=C(N)N1OCCOc1ccc(Br)cc1.Cl. The molecule has 0 saturated carbocycles. The molecule has 1 heterocycles. The maximum Gasteiger partial charge on any atom is 0.226 e. The van der Waals surface area contributed by atoms with E-state index in [1.165, 1.54) is 5.06 Å². The summed E-state index contributed by atoms with van der Waals surface area (Å²) >= 11 is 3.37. The first-order valence-electron chi connectivity index (χ1n) is 6.39. The van der Waals surface area contributed by atoms with Crippen molar-refractivity contribution in [3.63, 3.8) is 0 Å². The molecule has 9 heteroatoms. The van der Waals surface area contributed by atoms with Gasteiger partial charge in [-0.05, 0) is 38.1 Å². The van der Waals surface area contributed by atoms with Gasteiger partial charge in [0, 0.05) is 4.47 Å². The number of nitrogens with two attached hydrogens (primary N) is 2. The number of ether oxygens (including phenoxy) is 1. The van der Waals surface area contributed by atoms with Crippen LogP contribution in [0.3, 0.4) is 0 Å². The quantitative estimate of drug-likeness (QED) is 0.745. The first-order valence-corrected chi connectivity index (χ1v) is 7.19. The van der Waals surface area contributed by atoms with Crippen molar-refractivity contribution in [3.05, 3.63) is 28.7 Å². The van der Waals surface area contributed by atoms with Gasteiger partial charge in [0.15, 0.2) is 5.66 Å². The molecule has 7 nitrogen and oxygen atoms in total. The normalized spacial score (nSPS) is 16.4. The Hall–Kier alpha value is -1.51. The molecule has 0 bridgehead atoms. The number of hydrogen-bond acceptors (Lipinski definition) is 7. The van der Waals surface area contributed by atoms with Gasteiger partial charge in [-0.25, -0.2) is 4.99 Å². The molecule has 0 aromatic heterocycles. The number of hydroxylamine groups is 2. The van der Waals surface area contributed by atoms with Crippen LogP contribution in [-0.4, -0.2) is 35.9 Å². The van der Waals surface area contributed by atoms with Crippen molar-refractivity contribution >= 4 is 40.3 Å². The monoisotopic (exact) mass is 391 g/mol. The zero-order chi connectivity index (χ0) is 15.5. The molecular formula is C13H19BrClN5O2. The van der Waals surface area contributed by atoms with Gasteiger partial charge in [-0.2, -0.15) is 10.1 Å². The predicted octanol–water partition coefficient (Wildman–Crippen LogP) is 1.86. The number of guanidine groups is 2. The van der Waals surface area contributed by atoms with Gasteiger partial charge in [0.2, 0.25) is 11.9 Å². The summed E-state index contributed by atoms with van der Waals surface area (Å²) in [7, 11) is 0. The third kappa shape index (κ3) is 4.75. The zero-order valence-corrected chi connectivity index (χ0v) is 14.7. The average Bonchev–Trinajstić information content (AvgIpc) is 2.38. The van der Waals surface area contributed by atoms with E-state index >= 15 is 0 Å². The van der Waals surface area contributed by atoms with Gasteiger partial charge >= 0.3 is 0 Å². The Morgan fingerprint density at radius 1 is 1.18 bits per heavy atom. The molecule has 1 aliphatic rings. The fraction of sp³-hybridized carbons (Fsp3) is 0.385. The Morgan fingerprint density at radius 3 is 2.41 bits per heavy atom. The third-order valence-corrected chi connectivity index (χ3v) is 3.24. The summed E-state index contributed by atoms with van der Waals surface area (Å²) in [5.41, 5.74) is 10.7.